The van der Waals surface area contributed by atoms with Gasteiger partial charge in [0, 0.05) is 51.0 Å². The smallest absolute Gasteiger partial charge is 0.248 e. The van der Waals surface area contributed by atoms with Crippen molar-refractivity contribution in [2.45, 2.75) is 26.7 Å². The Morgan fingerprint density at radius 2 is 1.95 bits per heavy atom. The van der Waals surface area contributed by atoms with Crippen molar-refractivity contribution in [2.75, 3.05) is 44.8 Å². The minimum atomic E-state index is 0.0545. The standard InChI is InChI=1S/C15H24N4O2/c1-11(2)15-16-12(3)9-13(17-15)18-5-7-19(8-6-18)14(20)10-21-4/h9,11H,5-8,10H2,1-4H3. The number of aromatic nitrogens is 2. The minimum Gasteiger partial charge on any atom is -0.375 e. The molecule has 6 heteroatoms. The molecule has 0 N–H and O–H groups in total. The van der Waals surface area contributed by atoms with Crippen LogP contribution in [0.4, 0.5) is 5.82 Å². The van der Waals surface area contributed by atoms with Crippen molar-refractivity contribution >= 4 is 11.7 Å². The van der Waals surface area contributed by atoms with Gasteiger partial charge in [-0.3, -0.25) is 4.79 Å². The van der Waals surface area contributed by atoms with E-state index >= 15 is 0 Å². The molecule has 1 aromatic rings. The van der Waals surface area contributed by atoms with Gasteiger partial charge in [-0.25, -0.2) is 9.97 Å². The van der Waals surface area contributed by atoms with Gasteiger partial charge in [0.05, 0.1) is 0 Å². The zero-order valence-corrected chi connectivity index (χ0v) is 13.3. The van der Waals surface area contributed by atoms with Crippen molar-refractivity contribution in [3.63, 3.8) is 0 Å². The van der Waals surface area contributed by atoms with Crippen molar-refractivity contribution in [3.05, 3.63) is 17.6 Å². The predicted molar refractivity (Wildman–Crippen MR) is 81.5 cm³/mol. The third kappa shape index (κ3) is 3.91. The molecule has 0 aliphatic carbocycles. The van der Waals surface area contributed by atoms with E-state index in [0.29, 0.717) is 19.0 Å². The first-order valence-corrected chi connectivity index (χ1v) is 7.38. The number of hydrogen-bond donors (Lipinski definition) is 0. The monoisotopic (exact) mass is 292 g/mol. The van der Waals surface area contributed by atoms with E-state index in [1.54, 1.807) is 7.11 Å². The maximum Gasteiger partial charge on any atom is 0.248 e. The summed E-state index contributed by atoms with van der Waals surface area (Å²) in [5.41, 5.74) is 0.988. The highest BCUT2D eigenvalue weighted by molar-refractivity contribution is 5.77. The summed E-state index contributed by atoms with van der Waals surface area (Å²) in [5.74, 6) is 2.21. The Hall–Kier alpha value is -1.69. The van der Waals surface area contributed by atoms with Crippen LogP contribution in [0.15, 0.2) is 6.07 Å². The van der Waals surface area contributed by atoms with E-state index in [2.05, 4.69) is 28.7 Å². The second-order valence-electron chi connectivity index (χ2n) is 5.68. The minimum absolute atomic E-state index is 0.0545. The average Bonchev–Trinajstić information content (AvgIpc) is 2.47. The molecular weight excluding hydrogens is 268 g/mol. The number of carbonyl (C=O) groups excluding carboxylic acids is 1. The van der Waals surface area contributed by atoms with E-state index < -0.39 is 0 Å². The molecule has 0 aromatic carbocycles. The number of aryl methyl sites for hydroxylation is 1. The number of carbonyl (C=O) groups is 1. The topological polar surface area (TPSA) is 58.6 Å². The lowest BCUT2D eigenvalue weighted by molar-refractivity contribution is -0.135. The van der Waals surface area contributed by atoms with E-state index in [0.717, 1.165) is 30.4 Å². The van der Waals surface area contributed by atoms with Crippen LogP contribution in [0.5, 0.6) is 0 Å². The Labute approximate surface area is 126 Å². The van der Waals surface area contributed by atoms with Crippen LogP contribution in [0.3, 0.4) is 0 Å². The fourth-order valence-corrected chi connectivity index (χ4v) is 2.39. The van der Waals surface area contributed by atoms with Gasteiger partial charge in [0.15, 0.2) is 0 Å². The number of methoxy groups -OCH3 is 1. The third-order valence-corrected chi connectivity index (χ3v) is 3.60. The fraction of sp³-hybridized carbons (Fsp3) is 0.667. The summed E-state index contributed by atoms with van der Waals surface area (Å²) in [7, 11) is 1.55. The van der Waals surface area contributed by atoms with Gasteiger partial charge >= 0.3 is 0 Å². The lowest BCUT2D eigenvalue weighted by atomic mass is 10.2. The van der Waals surface area contributed by atoms with Gasteiger partial charge in [0.25, 0.3) is 0 Å². The number of hydrogen-bond acceptors (Lipinski definition) is 5. The van der Waals surface area contributed by atoms with Crippen molar-refractivity contribution in [1.29, 1.82) is 0 Å². The summed E-state index contributed by atoms with van der Waals surface area (Å²) in [6, 6.07) is 2.01. The molecular formula is C15H24N4O2. The molecule has 1 aliphatic rings. The van der Waals surface area contributed by atoms with Crippen LogP contribution >= 0.6 is 0 Å². The van der Waals surface area contributed by atoms with Crippen molar-refractivity contribution in [1.82, 2.24) is 14.9 Å². The Morgan fingerprint density at radius 3 is 2.52 bits per heavy atom. The van der Waals surface area contributed by atoms with Crippen molar-refractivity contribution < 1.29 is 9.53 Å². The van der Waals surface area contributed by atoms with E-state index in [-0.39, 0.29) is 12.5 Å². The van der Waals surface area contributed by atoms with Gasteiger partial charge in [-0.1, -0.05) is 13.8 Å². The Kier molecular flexibility index (Phi) is 5.12. The molecule has 21 heavy (non-hydrogen) atoms. The molecule has 2 rings (SSSR count). The Morgan fingerprint density at radius 1 is 1.29 bits per heavy atom. The van der Waals surface area contributed by atoms with Crippen molar-refractivity contribution in [3.8, 4) is 0 Å². The van der Waals surface area contributed by atoms with Crippen LogP contribution < -0.4 is 4.90 Å². The molecule has 6 nitrogen and oxygen atoms in total. The summed E-state index contributed by atoms with van der Waals surface area (Å²) in [5, 5.41) is 0. The van der Waals surface area contributed by atoms with Gasteiger partial charge in [-0.05, 0) is 6.92 Å². The molecule has 1 aliphatic heterocycles. The van der Waals surface area contributed by atoms with Crippen LogP contribution in [0.1, 0.15) is 31.3 Å². The molecule has 2 heterocycles. The lowest BCUT2D eigenvalue weighted by Gasteiger charge is -2.35. The van der Waals surface area contributed by atoms with Crippen LogP contribution in [-0.2, 0) is 9.53 Å². The van der Waals surface area contributed by atoms with E-state index in [9.17, 15) is 4.79 Å². The summed E-state index contributed by atoms with van der Waals surface area (Å²) in [6.45, 7) is 9.36. The van der Waals surface area contributed by atoms with Gasteiger partial charge in [-0.2, -0.15) is 0 Å². The number of ether oxygens (including phenoxy) is 1. The Balaban J connectivity index is 2.03. The second-order valence-corrected chi connectivity index (χ2v) is 5.68. The number of anilines is 1. The van der Waals surface area contributed by atoms with E-state index in [1.807, 2.05) is 17.9 Å². The Bertz CT molecular complexity index is 496. The molecule has 0 unspecified atom stereocenters. The quantitative estimate of drug-likeness (QED) is 0.834. The van der Waals surface area contributed by atoms with Crippen molar-refractivity contribution in [2.24, 2.45) is 0 Å². The highest BCUT2D eigenvalue weighted by atomic mass is 16.5. The lowest BCUT2D eigenvalue weighted by Crippen LogP contribution is -2.50. The molecule has 0 atom stereocenters. The summed E-state index contributed by atoms with van der Waals surface area (Å²) in [4.78, 5) is 25.0. The molecule has 1 fully saturated rings. The molecule has 0 bridgehead atoms. The normalized spacial score (nSPS) is 15.7. The summed E-state index contributed by atoms with van der Waals surface area (Å²) >= 11 is 0. The van der Waals surface area contributed by atoms with E-state index in [1.165, 1.54) is 0 Å². The first-order chi connectivity index (χ1) is 10.0. The molecule has 1 saturated heterocycles. The second kappa shape index (κ2) is 6.85. The van der Waals surface area contributed by atoms with E-state index in [4.69, 9.17) is 4.74 Å². The number of nitrogens with zero attached hydrogens (tertiary/aromatic N) is 4. The average molecular weight is 292 g/mol. The maximum absolute atomic E-state index is 11.8. The van der Waals surface area contributed by atoms with Crippen LogP contribution in [0.25, 0.3) is 0 Å². The molecule has 116 valence electrons. The SMILES string of the molecule is COCC(=O)N1CCN(c2cc(C)nc(C(C)C)n2)CC1. The molecule has 0 spiro atoms. The third-order valence-electron chi connectivity index (χ3n) is 3.60. The first-order valence-electron chi connectivity index (χ1n) is 7.38. The van der Waals surface area contributed by atoms with Crippen LogP contribution in [0.2, 0.25) is 0 Å². The number of piperazine rings is 1. The zero-order chi connectivity index (χ0) is 15.4. The van der Waals surface area contributed by atoms with Gasteiger partial charge in [0.1, 0.15) is 18.2 Å². The fourth-order valence-electron chi connectivity index (χ4n) is 2.39. The number of rotatable bonds is 4. The molecule has 0 radical (unpaired) electrons. The largest absolute Gasteiger partial charge is 0.375 e. The maximum atomic E-state index is 11.8. The summed E-state index contributed by atoms with van der Waals surface area (Å²) in [6.07, 6.45) is 0. The number of amides is 1. The van der Waals surface area contributed by atoms with Crippen LogP contribution in [0, 0.1) is 6.92 Å². The highest BCUT2D eigenvalue weighted by Gasteiger charge is 2.22. The zero-order valence-electron chi connectivity index (χ0n) is 13.3. The predicted octanol–water partition coefficient (Wildman–Crippen LogP) is 1.20. The van der Waals surface area contributed by atoms with Gasteiger partial charge in [-0.15, -0.1) is 0 Å². The van der Waals surface area contributed by atoms with Crippen LogP contribution in [-0.4, -0.2) is 60.7 Å². The van der Waals surface area contributed by atoms with Gasteiger partial charge < -0.3 is 14.5 Å². The van der Waals surface area contributed by atoms with Gasteiger partial charge in [0.2, 0.25) is 5.91 Å². The molecule has 1 amide bonds. The molecule has 0 saturated carbocycles. The highest BCUT2D eigenvalue weighted by Crippen LogP contribution is 2.18. The molecule has 1 aromatic heterocycles. The summed E-state index contributed by atoms with van der Waals surface area (Å²) < 4.78 is 4.90. The first kappa shape index (κ1) is 15.7.